The van der Waals surface area contributed by atoms with E-state index < -0.39 is 0 Å². The number of carbonyl (C=O) groups excluding carboxylic acids is 1. The predicted molar refractivity (Wildman–Crippen MR) is 118 cm³/mol. The molecule has 0 aliphatic carbocycles. The smallest absolute Gasteiger partial charge is 0.227 e. The van der Waals surface area contributed by atoms with E-state index in [1.807, 2.05) is 35.0 Å². The zero-order chi connectivity index (χ0) is 22.8. The van der Waals surface area contributed by atoms with E-state index in [0.29, 0.717) is 35.1 Å². The summed E-state index contributed by atoms with van der Waals surface area (Å²) in [5, 5.41) is 11.0. The third kappa shape index (κ3) is 4.64. The quantitative estimate of drug-likeness (QED) is 0.410. The van der Waals surface area contributed by atoms with Crippen molar-refractivity contribution in [2.75, 3.05) is 5.32 Å². The summed E-state index contributed by atoms with van der Waals surface area (Å²) in [6, 6.07) is 10.4. The molecule has 0 saturated heterocycles. The topological polar surface area (TPSA) is 103 Å². The average molecular weight is 445 g/mol. The molecular formula is C23H20FN7O2. The predicted octanol–water partition coefficient (Wildman–Crippen LogP) is 3.65. The highest BCUT2D eigenvalue weighted by molar-refractivity contribution is 5.90. The molecule has 1 aromatic carbocycles. The number of halogens is 1. The van der Waals surface area contributed by atoms with Crippen LogP contribution in [0, 0.1) is 12.7 Å². The Morgan fingerprint density at radius 2 is 2.09 bits per heavy atom. The van der Waals surface area contributed by atoms with Crippen molar-refractivity contribution in [1.82, 2.24) is 29.3 Å². The summed E-state index contributed by atoms with van der Waals surface area (Å²) in [4.78, 5) is 21.2. The molecule has 4 heterocycles. The monoisotopic (exact) mass is 445 g/mol. The molecule has 166 valence electrons. The first-order valence-corrected chi connectivity index (χ1v) is 10.4. The summed E-state index contributed by atoms with van der Waals surface area (Å²) in [6.07, 6.45) is 7.68. The summed E-state index contributed by atoms with van der Waals surface area (Å²) >= 11 is 0. The first-order chi connectivity index (χ1) is 16.0. The number of nitrogens with zero attached hydrogens (tertiary/aromatic N) is 6. The van der Waals surface area contributed by atoms with Gasteiger partial charge in [-0.25, -0.2) is 9.37 Å². The van der Waals surface area contributed by atoms with Gasteiger partial charge in [0.25, 0.3) is 0 Å². The van der Waals surface area contributed by atoms with Crippen LogP contribution >= 0.6 is 0 Å². The first kappa shape index (κ1) is 20.6. The highest BCUT2D eigenvalue weighted by Gasteiger charge is 2.13. The number of carbonyl (C=O) groups is 1. The molecule has 0 unspecified atom stereocenters. The highest BCUT2D eigenvalue weighted by Crippen LogP contribution is 2.19. The molecule has 1 amide bonds. The first-order valence-electron chi connectivity index (χ1n) is 10.4. The number of nitrogens with one attached hydrogen (secondary N) is 1. The van der Waals surface area contributed by atoms with Gasteiger partial charge < -0.3 is 14.2 Å². The van der Waals surface area contributed by atoms with Gasteiger partial charge in [0, 0.05) is 37.0 Å². The Morgan fingerprint density at radius 1 is 1.18 bits per heavy atom. The van der Waals surface area contributed by atoms with Gasteiger partial charge >= 0.3 is 0 Å². The molecule has 5 rings (SSSR count). The fourth-order valence-corrected chi connectivity index (χ4v) is 3.45. The minimum Gasteiger partial charge on any atom is -0.339 e. The van der Waals surface area contributed by atoms with Crippen LogP contribution in [0.15, 0.2) is 65.7 Å². The fraction of sp³-hybridized carbons (Fsp3) is 0.174. The number of hydrogen-bond acceptors (Lipinski definition) is 6. The van der Waals surface area contributed by atoms with E-state index in [1.54, 1.807) is 36.1 Å². The van der Waals surface area contributed by atoms with Crippen LogP contribution in [0.2, 0.25) is 0 Å². The third-order valence-corrected chi connectivity index (χ3v) is 5.11. The average Bonchev–Trinajstić information content (AvgIpc) is 3.54. The number of amides is 1. The molecule has 0 bridgehead atoms. The van der Waals surface area contributed by atoms with Crippen LogP contribution < -0.4 is 5.32 Å². The van der Waals surface area contributed by atoms with Crippen molar-refractivity contribution in [3.05, 3.63) is 84.2 Å². The lowest BCUT2D eigenvalue weighted by molar-refractivity contribution is -0.116. The van der Waals surface area contributed by atoms with Crippen molar-refractivity contribution in [2.24, 2.45) is 0 Å². The molecule has 1 N–H and O–H groups in total. The molecule has 9 nitrogen and oxygen atoms in total. The lowest BCUT2D eigenvalue weighted by Crippen LogP contribution is -2.12. The number of fused-ring (bicyclic) bond motifs is 1. The molecule has 0 aliphatic heterocycles. The minimum absolute atomic E-state index is 0.168. The van der Waals surface area contributed by atoms with Gasteiger partial charge in [0.05, 0.1) is 24.1 Å². The van der Waals surface area contributed by atoms with Crippen LogP contribution in [-0.4, -0.2) is 35.2 Å². The van der Waals surface area contributed by atoms with Gasteiger partial charge in [0.15, 0.2) is 0 Å². The number of anilines is 1. The maximum Gasteiger partial charge on any atom is 0.227 e. The maximum atomic E-state index is 13.4. The van der Waals surface area contributed by atoms with Crippen molar-refractivity contribution in [2.45, 2.75) is 26.3 Å². The molecular weight excluding hydrogens is 425 g/mol. The van der Waals surface area contributed by atoms with Crippen LogP contribution in [0.5, 0.6) is 0 Å². The molecule has 33 heavy (non-hydrogen) atoms. The highest BCUT2D eigenvalue weighted by atomic mass is 19.1. The molecule has 4 aromatic heterocycles. The molecule has 0 spiro atoms. The number of imidazole rings is 1. The number of hydrogen-bond donors (Lipinski definition) is 1. The van der Waals surface area contributed by atoms with Gasteiger partial charge in [-0.2, -0.15) is 10.1 Å². The van der Waals surface area contributed by atoms with Crippen LogP contribution in [0.3, 0.4) is 0 Å². The van der Waals surface area contributed by atoms with Crippen molar-refractivity contribution >= 4 is 17.2 Å². The Hall–Kier alpha value is -4.34. The molecule has 0 fully saturated rings. The molecule has 0 saturated carbocycles. The van der Waals surface area contributed by atoms with E-state index in [9.17, 15) is 9.18 Å². The Balaban J connectivity index is 1.15. The Labute approximate surface area is 187 Å². The van der Waals surface area contributed by atoms with Crippen molar-refractivity contribution < 1.29 is 13.7 Å². The second kappa shape index (κ2) is 8.65. The lowest BCUT2D eigenvalue weighted by Gasteiger charge is -2.00. The largest absolute Gasteiger partial charge is 0.339 e. The van der Waals surface area contributed by atoms with Crippen LogP contribution in [0.1, 0.15) is 23.6 Å². The molecule has 0 radical (unpaired) electrons. The van der Waals surface area contributed by atoms with E-state index in [2.05, 4.69) is 25.5 Å². The summed E-state index contributed by atoms with van der Waals surface area (Å²) in [7, 11) is 0. The molecule has 0 atom stereocenters. The van der Waals surface area contributed by atoms with Gasteiger partial charge in [-0.05, 0) is 42.8 Å². The molecule has 0 aliphatic rings. The van der Waals surface area contributed by atoms with Crippen LogP contribution in [0.25, 0.3) is 17.0 Å². The Kier molecular flexibility index (Phi) is 5.39. The number of rotatable bonds is 7. The second-order valence-corrected chi connectivity index (χ2v) is 7.65. The Bertz CT molecular complexity index is 1400. The summed E-state index contributed by atoms with van der Waals surface area (Å²) in [5.41, 5.74) is 3.49. The van der Waals surface area contributed by atoms with E-state index in [1.165, 1.54) is 6.07 Å². The summed E-state index contributed by atoms with van der Waals surface area (Å²) in [6.45, 7) is 2.16. The van der Waals surface area contributed by atoms with E-state index in [4.69, 9.17) is 4.52 Å². The zero-order valence-electron chi connectivity index (χ0n) is 17.8. The van der Waals surface area contributed by atoms with Crippen molar-refractivity contribution in [3.8, 4) is 11.4 Å². The SMILES string of the molecule is Cc1cc(-c2noc(CCC(=O)Nc3cnn(Cc4cn5ccccc5n4)c3)n2)ccc1F. The normalized spacial score (nSPS) is 11.2. The fourth-order valence-electron chi connectivity index (χ4n) is 3.45. The summed E-state index contributed by atoms with van der Waals surface area (Å²) in [5.74, 6) is 0.215. The lowest BCUT2D eigenvalue weighted by atomic mass is 10.1. The molecule has 10 heteroatoms. The summed E-state index contributed by atoms with van der Waals surface area (Å²) < 4.78 is 22.3. The van der Waals surface area contributed by atoms with Gasteiger partial charge in [-0.3, -0.25) is 9.48 Å². The van der Waals surface area contributed by atoms with Crippen LogP contribution in [0.4, 0.5) is 10.1 Å². The Morgan fingerprint density at radius 3 is 2.94 bits per heavy atom. The number of benzene rings is 1. The zero-order valence-corrected chi connectivity index (χ0v) is 17.8. The minimum atomic E-state index is -0.291. The van der Waals surface area contributed by atoms with Gasteiger partial charge in [0.2, 0.25) is 17.6 Å². The van der Waals surface area contributed by atoms with Crippen LogP contribution in [-0.2, 0) is 17.8 Å². The van der Waals surface area contributed by atoms with E-state index in [-0.39, 0.29) is 24.6 Å². The number of aromatic nitrogens is 6. The number of aryl methyl sites for hydroxylation is 2. The second-order valence-electron chi connectivity index (χ2n) is 7.65. The standard InChI is InChI=1S/C23H20FN7O2/c1-15-10-16(5-6-19(15)24)23-28-22(33-29-23)8-7-21(32)27-17-11-25-31(13-17)14-18-12-30-9-3-2-4-20(30)26-18/h2-6,9-13H,7-8,14H2,1H3,(H,27,32). The van der Waals surface area contributed by atoms with Crippen molar-refractivity contribution in [3.63, 3.8) is 0 Å². The van der Waals surface area contributed by atoms with Crippen molar-refractivity contribution in [1.29, 1.82) is 0 Å². The number of pyridine rings is 1. The molecule has 5 aromatic rings. The van der Waals surface area contributed by atoms with E-state index >= 15 is 0 Å². The van der Waals surface area contributed by atoms with Gasteiger partial charge in [0.1, 0.15) is 11.5 Å². The van der Waals surface area contributed by atoms with Gasteiger partial charge in [-0.1, -0.05) is 11.2 Å². The maximum absolute atomic E-state index is 13.4. The van der Waals surface area contributed by atoms with Gasteiger partial charge in [-0.15, -0.1) is 0 Å². The third-order valence-electron chi connectivity index (χ3n) is 5.11. The van der Waals surface area contributed by atoms with E-state index in [0.717, 1.165) is 11.3 Å².